The summed E-state index contributed by atoms with van der Waals surface area (Å²) in [6.07, 6.45) is 0.918. The van der Waals surface area contributed by atoms with Crippen molar-refractivity contribution in [2.45, 2.75) is 26.3 Å². The molecule has 1 aromatic rings. The highest BCUT2D eigenvalue weighted by Crippen LogP contribution is 2.12. The number of hydrogen-bond donors (Lipinski definition) is 2. The first kappa shape index (κ1) is 17.7. The van der Waals surface area contributed by atoms with Gasteiger partial charge in [0.2, 0.25) is 5.91 Å². The van der Waals surface area contributed by atoms with Crippen LogP contribution in [0, 0.1) is 0 Å². The molecule has 0 bridgehead atoms. The monoisotopic (exact) mass is 285 g/mol. The number of carbonyl (C=O) groups excluding carboxylic acids is 1. The molecule has 0 fully saturated rings. The predicted octanol–water partition coefficient (Wildman–Crippen LogP) is 1.79. The Bertz CT molecular complexity index is 357. The molecule has 19 heavy (non-hydrogen) atoms. The van der Waals surface area contributed by atoms with Crippen LogP contribution < -0.4 is 16.0 Å². The summed E-state index contributed by atoms with van der Waals surface area (Å²) < 4.78 is 0. The summed E-state index contributed by atoms with van der Waals surface area (Å²) >= 11 is 0. The molecule has 0 spiro atoms. The number of rotatable bonds is 7. The van der Waals surface area contributed by atoms with E-state index < -0.39 is 6.04 Å². The molecule has 1 atom stereocenters. The molecule has 0 aliphatic carbocycles. The van der Waals surface area contributed by atoms with E-state index >= 15 is 0 Å². The van der Waals surface area contributed by atoms with Crippen molar-refractivity contribution in [1.82, 2.24) is 5.32 Å². The van der Waals surface area contributed by atoms with E-state index in [-0.39, 0.29) is 18.3 Å². The van der Waals surface area contributed by atoms with E-state index in [1.807, 2.05) is 18.2 Å². The van der Waals surface area contributed by atoms with Gasteiger partial charge in [-0.1, -0.05) is 18.2 Å². The first-order valence-corrected chi connectivity index (χ1v) is 6.48. The van der Waals surface area contributed by atoms with Gasteiger partial charge in [-0.25, -0.2) is 0 Å². The smallest absolute Gasteiger partial charge is 0.236 e. The minimum Gasteiger partial charge on any atom is -0.372 e. The molecule has 0 heterocycles. The van der Waals surface area contributed by atoms with E-state index in [9.17, 15) is 4.79 Å². The molecule has 0 aromatic heterocycles. The Morgan fingerprint density at radius 2 is 2.00 bits per heavy atom. The Kier molecular flexibility index (Phi) is 9.00. The number of benzene rings is 1. The Hall–Kier alpha value is -1.26. The third-order valence-corrected chi connectivity index (χ3v) is 2.82. The molecule has 0 saturated carbocycles. The van der Waals surface area contributed by atoms with E-state index in [1.165, 1.54) is 5.69 Å². The van der Waals surface area contributed by atoms with Gasteiger partial charge in [0, 0.05) is 25.3 Å². The first-order valence-electron chi connectivity index (χ1n) is 6.48. The lowest BCUT2D eigenvalue weighted by Crippen LogP contribution is -2.39. The minimum atomic E-state index is -0.429. The summed E-state index contributed by atoms with van der Waals surface area (Å²) in [6.45, 7) is 6.39. The number of amides is 1. The van der Waals surface area contributed by atoms with Crippen molar-refractivity contribution < 1.29 is 4.79 Å². The van der Waals surface area contributed by atoms with Crippen LogP contribution >= 0.6 is 12.4 Å². The average molecular weight is 286 g/mol. The van der Waals surface area contributed by atoms with Crippen molar-refractivity contribution in [1.29, 1.82) is 0 Å². The van der Waals surface area contributed by atoms with Crippen molar-refractivity contribution in [3.8, 4) is 0 Å². The van der Waals surface area contributed by atoms with E-state index in [0.29, 0.717) is 6.54 Å². The van der Waals surface area contributed by atoms with Gasteiger partial charge < -0.3 is 16.0 Å². The molecule has 3 N–H and O–H groups in total. The van der Waals surface area contributed by atoms with Gasteiger partial charge in [0.05, 0.1) is 6.04 Å². The largest absolute Gasteiger partial charge is 0.372 e. The van der Waals surface area contributed by atoms with Crippen LogP contribution in [0.25, 0.3) is 0 Å². The summed E-state index contributed by atoms with van der Waals surface area (Å²) in [7, 11) is 0. The summed E-state index contributed by atoms with van der Waals surface area (Å²) in [5.41, 5.74) is 6.69. The Balaban J connectivity index is 0.00000324. The predicted molar refractivity (Wildman–Crippen MR) is 82.9 cm³/mol. The molecule has 0 saturated heterocycles. The van der Waals surface area contributed by atoms with Crippen LogP contribution in [0.4, 0.5) is 5.69 Å². The number of nitrogens with one attached hydrogen (secondary N) is 1. The third kappa shape index (κ3) is 6.45. The molecule has 108 valence electrons. The zero-order valence-corrected chi connectivity index (χ0v) is 12.5. The average Bonchev–Trinajstić information content (AvgIpc) is 2.39. The van der Waals surface area contributed by atoms with Crippen LogP contribution in [-0.2, 0) is 4.79 Å². The maximum absolute atomic E-state index is 11.3. The zero-order chi connectivity index (χ0) is 13.4. The van der Waals surface area contributed by atoms with E-state index in [1.54, 1.807) is 6.92 Å². The highest BCUT2D eigenvalue weighted by molar-refractivity contribution is 5.85. The number of anilines is 1. The number of nitrogens with two attached hydrogens (primary N) is 1. The second-order valence-electron chi connectivity index (χ2n) is 4.35. The number of halogens is 1. The van der Waals surface area contributed by atoms with Crippen LogP contribution in [0.2, 0.25) is 0 Å². The molecule has 1 amide bonds. The molecule has 4 nitrogen and oxygen atoms in total. The van der Waals surface area contributed by atoms with Crippen LogP contribution in [-0.4, -0.2) is 31.6 Å². The SMILES string of the molecule is CCN(CCCNC(=O)C(C)N)c1ccccc1.Cl. The van der Waals surface area contributed by atoms with Crippen molar-refractivity contribution in [3.05, 3.63) is 30.3 Å². The van der Waals surface area contributed by atoms with E-state index in [0.717, 1.165) is 19.5 Å². The Labute approximate surface area is 121 Å². The summed E-state index contributed by atoms with van der Waals surface area (Å²) in [6, 6.07) is 9.86. The van der Waals surface area contributed by atoms with Crippen LogP contribution in [0.5, 0.6) is 0 Å². The molecule has 5 heteroatoms. The van der Waals surface area contributed by atoms with Gasteiger partial charge in [-0.05, 0) is 32.4 Å². The minimum absolute atomic E-state index is 0. The maximum atomic E-state index is 11.3. The molecule has 1 aromatic carbocycles. The number of hydrogen-bond acceptors (Lipinski definition) is 3. The topological polar surface area (TPSA) is 58.4 Å². The molecular weight excluding hydrogens is 262 g/mol. The zero-order valence-electron chi connectivity index (χ0n) is 11.6. The van der Waals surface area contributed by atoms with E-state index in [4.69, 9.17) is 5.73 Å². The number of para-hydroxylation sites is 1. The highest BCUT2D eigenvalue weighted by Gasteiger charge is 2.06. The standard InChI is InChI=1S/C14H23N3O.ClH/c1-3-17(13-8-5-4-6-9-13)11-7-10-16-14(18)12(2)15;/h4-6,8-9,12H,3,7,10-11,15H2,1-2H3,(H,16,18);1H. The van der Waals surface area contributed by atoms with Crippen molar-refractivity contribution in [2.75, 3.05) is 24.5 Å². The lowest BCUT2D eigenvalue weighted by atomic mass is 10.2. The highest BCUT2D eigenvalue weighted by atomic mass is 35.5. The second-order valence-corrected chi connectivity index (χ2v) is 4.35. The van der Waals surface area contributed by atoms with Crippen LogP contribution in [0.1, 0.15) is 20.3 Å². The lowest BCUT2D eigenvalue weighted by Gasteiger charge is -2.23. The molecular formula is C14H24ClN3O. The molecule has 1 rings (SSSR count). The quantitative estimate of drug-likeness (QED) is 0.751. The summed E-state index contributed by atoms with van der Waals surface area (Å²) in [5.74, 6) is -0.0854. The Morgan fingerprint density at radius 3 is 2.53 bits per heavy atom. The maximum Gasteiger partial charge on any atom is 0.236 e. The first-order chi connectivity index (χ1) is 8.65. The van der Waals surface area contributed by atoms with Crippen molar-refractivity contribution in [3.63, 3.8) is 0 Å². The van der Waals surface area contributed by atoms with Crippen molar-refractivity contribution in [2.24, 2.45) is 5.73 Å². The van der Waals surface area contributed by atoms with Gasteiger partial charge in [0.25, 0.3) is 0 Å². The number of nitrogens with zero attached hydrogens (tertiary/aromatic N) is 1. The lowest BCUT2D eigenvalue weighted by molar-refractivity contribution is -0.121. The van der Waals surface area contributed by atoms with Crippen LogP contribution in [0.15, 0.2) is 30.3 Å². The van der Waals surface area contributed by atoms with Gasteiger partial charge >= 0.3 is 0 Å². The third-order valence-electron chi connectivity index (χ3n) is 2.82. The summed E-state index contributed by atoms with van der Waals surface area (Å²) in [5, 5.41) is 2.82. The van der Waals surface area contributed by atoms with Gasteiger partial charge in [-0.3, -0.25) is 4.79 Å². The normalized spacial score (nSPS) is 11.3. The number of carbonyl (C=O) groups is 1. The van der Waals surface area contributed by atoms with Crippen LogP contribution in [0.3, 0.4) is 0 Å². The fourth-order valence-corrected chi connectivity index (χ4v) is 1.75. The fraction of sp³-hybridized carbons (Fsp3) is 0.500. The molecule has 0 aliphatic rings. The summed E-state index contributed by atoms with van der Waals surface area (Å²) in [4.78, 5) is 13.6. The molecule has 1 unspecified atom stereocenters. The second kappa shape index (κ2) is 9.64. The van der Waals surface area contributed by atoms with Gasteiger partial charge in [-0.2, -0.15) is 0 Å². The van der Waals surface area contributed by atoms with Gasteiger partial charge in [-0.15, -0.1) is 12.4 Å². The van der Waals surface area contributed by atoms with E-state index in [2.05, 4.69) is 29.3 Å². The van der Waals surface area contributed by atoms with Gasteiger partial charge in [0.15, 0.2) is 0 Å². The van der Waals surface area contributed by atoms with Gasteiger partial charge in [0.1, 0.15) is 0 Å². The fourth-order valence-electron chi connectivity index (χ4n) is 1.75. The Morgan fingerprint density at radius 1 is 1.37 bits per heavy atom. The van der Waals surface area contributed by atoms with Crippen molar-refractivity contribution >= 4 is 24.0 Å². The molecule has 0 radical (unpaired) electrons. The molecule has 0 aliphatic heterocycles.